The van der Waals surface area contributed by atoms with Crippen LogP contribution in [0.25, 0.3) is 0 Å². The van der Waals surface area contributed by atoms with E-state index in [4.69, 9.17) is 6.42 Å². The summed E-state index contributed by atoms with van der Waals surface area (Å²) in [4.78, 5) is 0. The van der Waals surface area contributed by atoms with Crippen LogP contribution < -0.4 is 16.4 Å². The Bertz CT molecular complexity index is 643. The van der Waals surface area contributed by atoms with Gasteiger partial charge in [0, 0.05) is 0 Å². The number of hydrogen-bond donors (Lipinski definition) is 0. The van der Waals surface area contributed by atoms with E-state index in [1.54, 1.807) is 0 Å². The van der Waals surface area contributed by atoms with Crippen LogP contribution in [0.4, 0.5) is 0 Å². The van der Waals surface area contributed by atoms with Gasteiger partial charge in [0.1, 0.15) is 6.15 Å². The number of benzene rings is 3. The van der Waals surface area contributed by atoms with E-state index in [-0.39, 0.29) is 0 Å². The predicted molar refractivity (Wildman–Crippen MR) is 92.8 cm³/mol. The van der Waals surface area contributed by atoms with Crippen LogP contribution in [-0.2, 0) is 0 Å². The van der Waals surface area contributed by atoms with E-state index in [1.165, 1.54) is 16.4 Å². The van der Waals surface area contributed by atoms with Gasteiger partial charge in [-0.2, -0.15) is 22.8 Å². The summed E-state index contributed by atoms with van der Waals surface area (Å²) in [6.45, 7) is 0. The lowest BCUT2D eigenvalue weighted by molar-refractivity contribution is 1.69. The van der Waals surface area contributed by atoms with Crippen molar-refractivity contribution in [3.8, 4) is 12.2 Å². The molecule has 0 aliphatic carbocycles. The Kier molecular flexibility index (Phi) is 3.62. The van der Waals surface area contributed by atoms with Crippen molar-refractivity contribution in [2.45, 2.75) is 0 Å². The van der Waals surface area contributed by atoms with Gasteiger partial charge in [0.05, 0.1) is 0 Å². The third-order valence-corrected chi connectivity index (χ3v) is 4.15. The van der Waals surface area contributed by atoms with Crippen molar-refractivity contribution in [2.24, 2.45) is 0 Å². The van der Waals surface area contributed by atoms with E-state index in [1.807, 2.05) is 18.2 Å². The van der Waals surface area contributed by atoms with Gasteiger partial charge in [0.15, 0.2) is 0 Å². The molecule has 0 nitrogen and oxygen atoms in total. The first-order valence-electron chi connectivity index (χ1n) is 7.18. The molecule has 0 heterocycles. The summed E-state index contributed by atoms with van der Waals surface area (Å²) in [5.74, 6) is 3.13. The molecule has 0 aromatic heterocycles. The third kappa shape index (κ3) is 2.26. The summed E-state index contributed by atoms with van der Waals surface area (Å²) in [5, 5.41) is 0. The maximum Gasteiger partial charge on any atom is 0.148 e. The van der Waals surface area contributed by atoms with Gasteiger partial charge in [-0.05, 0) is 0 Å². The minimum absolute atomic E-state index is 1.18. The Hall–Kier alpha value is -2.72. The normalized spacial score (nSPS) is 10.8. The first-order valence-corrected chi connectivity index (χ1v) is 7.18. The van der Waals surface area contributed by atoms with Gasteiger partial charge >= 0.3 is 0 Å². The third-order valence-electron chi connectivity index (χ3n) is 4.15. The zero-order valence-corrected chi connectivity index (χ0v) is 11.8. The maximum absolute atomic E-state index is 6.08. The molecule has 100 valence electrons. The predicted octanol–water partition coefficient (Wildman–Crippen LogP) is 2.33. The number of rotatable bonds is 3. The van der Waals surface area contributed by atoms with E-state index >= 15 is 0 Å². The molecule has 21 heavy (non-hydrogen) atoms. The molecule has 0 aliphatic rings. The van der Waals surface area contributed by atoms with Crippen LogP contribution in [0.5, 0.6) is 0 Å². The van der Waals surface area contributed by atoms with Gasteiger partial charge in [-0.25, -0.2) is 0 Å². The smallest absolute Gasteiger partial charge is 0.148 e. The fourth-order valence-corrected chi connectivity index (χ4v) is 3.09. The molecule has 0 aliphatic heterocycles. The lowest BCUT2D eigenvalue weighted by Crippen LogP contribution is -2.66. The molecule has 3 aromatic rings. The van der Waals surface area contributed by atoms with Gasteiger partial charge in [0.2, 0.25) is 0 Å². The van der Waals surface area contributed by atoms with E-state index in [0.29, 0.717) is 0 Å². The molecule has 1 heteroatoms. The maximum atomic E-state index is 6.08. The summed E-state index contributed by atoms with van der Waals surface area (Å²) >= 11 is 0. The summed E-state index contributed by atoms with van der Waals surface area (Å²) in [6.07, 6.45) is 4.71. The second-order valence-corrected chi connectivity index (χ2v) is 5.26. The first-order chi connectivity index (χ1) is 10.4. The highest BCUT2D eigenvalue weighted by Gasteiger charge is 2.27. The Morgan fingerprint density at radius 3 is 1.05 bits per heavy atom. The van der Waals surface area contributed by atoms with Crippen molar-refractivity contribution < 1.29 is 0 Å². The molecule has 0 saturated heterocycles. The van der Waals surface area contributed by atoms with E-state index in [9.17, 15) is 0 Å². The molecule has 3 rings (SSSR count). The highest BCUT2D eigenvalue weighted by atomic mass is 14.0. The summed E-state index contributed by atoms with van der Waals surface area (Å²) in [7, 11) is 0. The number of hydrogen-bond acceptors (Lipinski definition) is 0. The molecular formula is C20H16B-. The van der Waals surface area contributed by atoms with Crippen LogP contribution in [0.15, 0.2) is 91.0 Å². The van der Waals surface area contributed by atoms with Gasteiger partial charge in [-0.3, -0.25) is 0 Å². The van der Waals surface area contributed by atoms with Crippen LogP contribution in [0, 0.1) is 12.2 Å². The lowest BCUT2D eigenvalue weighted by atomic mass is 9.16. The molecule has 0 radical (unpaired) electrons. The Morgan fingerprint density at radius 1 is 0.524 bits per heavy atom. The minimum Gasteiger partial charge on any atom is -0.301 e. The molecule has 3 aromatic carbocycles. The standard InChI is InChI=1S/C20H16B/c1-2-21(18-12-6-3-7-13-18,19-14-8-4-9-15-19)20-16-10-5-11-17-20/h1,3-17H/q-1. The second-order valence-electron chi connectivity index (χ2n) is 5.26. The molecule has 0 bridgehead atoms. The van der Waals surface area contributed by atoms with Crippen molar-refractivity contribution in [1.82, 2.24) is 0 Å². The van der Waals surface area contributed by atoms with Crippen LogP contribution in [0.1, 0.15) is 0 Å². The van der Waals surface area contributed by atoms with Crippen LogP contribution in [0.3, 0.4) is 0 Å². The van der Waals surface area contributed by atoms with Gasteiger partial charge in [-0.1, -0.05) is 91.0 Å². The largest absolute Gasteiger partial charge is 0.301 e. The van der Waals surface area contributed by atoms with Gasteiger partial charge in [-0.15, -0.1) is 0 Å². The van der Waals surface area contributed by atoms with E-state index in [0.717, 1.165) is 0 Å². The molecule has 0 spiro atoms. The quantitative estimate of drug-likeness (QED) is 0.504. The van der Waals surface area contributed by atoms with Gasteiger partial charge in [0.25, 0.3) is 0 Å². The van der Waals surface area contributed by atoms with Crippen molar-refractivity contribution in [2.75, 3.05) is 0 Å². The molecule has 0 saturated carbocycles. The molecule has 0 fully saturated rings. The SMILES string of the molecule is C#C[B-](c1ccccc1)(c1ccccc1)c1ccccc1. The average Bonchev–Trinajstić information content (AvgIpc) is 2.59. The van der Waals surface area contributed by atoms with Gasteiger partial charge < -0.3 is 5.82 Å². The summed E-state index contributed by atoms with van der Waals surface area (Å²) < 4.78 is 0. The second kappa shape index (κ2) is 5.73. The highest BCUT2D eigenvalue weighted by molar-refractivity contribution is 7.16. The van der Waals surface area contributed by atoms with Crippen molar-refractivity contribution in [1.29, 1.82) is 0 Å². The zero-order chi connectivity index (χ0) is 14.5. The summed E-state index contributed by atoms with van der Waals surface area (Å²) in [5.41, 5.74) is 3.53. The lowest BCUT2D eigenvalue weighted by Gasteiger charge is -2.38. The fraction of sp³-hybridized carbons (Fsp3) is 0. The molecule has 0 unspecified atom stereocenters. The van der Waals surface area contributed by atoms with E-state index in [2.05, 4.69) is 78.6 Å². The van der Waals surface area contributed by atoms with Crippen molar-refractivity contribution >= 4 is 22.5 Å². The summed E-state index contributed by atoms with van der Waals surface area (Å²) in [6, 6.07) is 31.1. The monoisotopic (exact) mass is 267 g/mol. The van der Waals surface area contributed by atoms with E-state index < -0.39 is 6.15 Å². The van der Waals surface area contributed by atoms with Crippen molar-refractivity contribution in [3.05, 3.63) is 91.0 Å². The molecule has 0 atom stereocenters. The van der Waals surface area contributed by atoms with Crippen LogP contribution in [0.2, 0.25) is 0 Å². The highest BCUT2D eigenvalue weighted by Crippen LogP contribution is 2.06. The Morgan fingerprint density at radius 2 is 0.810 bits per heavy atom. The van der Waals surface area contributed by atoms with Crippen molar-refractivity contribution in [3.63, 3.8) is 0 Å². The molecular weight excluding hydrogens is 251 g/mol. The fourth-order valence-electron chi connectivity index (χ4n) is 3.09. The Balaban J connectivity index is 2.32. The Labute approximate surface area is 126 Å². The molecule has 0 amide bonds. The van der Waals surface area contributed by atoms with Crippen LogP contribution >= 0.6 is 0 Å². The molecule has 0 N–H and O–H groups in total. The first kappa shape index (κ1) is 13.3. The minimum atomic E-state index is -1.37. The van der Waals surface area contributed by atoms with Crippen LogP contribution in [-0.4, -0.2) is 6.15 Å². The topological polar surface area (TPSA) is 0 Å². The average molecular weight is 267 g/mol. The zero-order valence-electron chi connectivity index (χ0n) is 11.8. The number of terminal acetylenes is 1.